The van der Waals surface area contributed by atoms with Crippen molar-refractivity contribution in [3.8, 4) is 0 Å². The second kappa shape index (κ2) is 8.47. The number of hydrogen-bond donors (Lipinski definition) is 2. The molecule has 136 valence electrons. The van der Waals surface area contributed by atoms with E-state index >= 15 is 0 Å². The lowest BCUT2D eigenvalue weighted by Crippen LogP contribution is -2.38. The topological polar surface area (TPSA) is 74.3 Å². The monoisotopic (exact) mass is 352 g/mol. The van der Waals surface area contributed by atoms with E-state index in [1.807, 2.05) is 17.0 Å². The Morgan fingerprint density at radius 2 is 1.62 bits per heavy atom. The minimum atomic E-state index is -0.119. The number of carbonyl (C=O) groups excluding carboxylic acids is 2. The van der Waals surface area contributed by atoms with Gasteiger partial charge in [-0.05, 0) is 54.8 Å². The van der Waals surface area contributed by atoms with E-state index in [0.29, 0.717) is 11.4 Å². The number of nitrogens with zero attached hydrogens (tertiary/aromatic N) is 2. The third kappa shape index (κ3) is 4.59. The van der Waals surface area contributed by atoms with Gasteiger partial charge in [0.25, 0.3) is 0 Å². The molecule has 1 atom stereocenters. The molecule has 1 aliphatic heterocycles. The zero-order valence-electron chi connectivity index (χ0n) is 14.9. The molecule has 2 N–H and O–H groups in total. The zero-order valence-corrected chi connectivity index (χ0v) is 14.9. The average Bonchev–Trinajstić information content (AvgIpc) is 2.90. The van der Waals surface area contributed by atoms with Gasteiger partial charge < -0.3 is 15.5 Å². The molecule has 2 aromatic rings. The first kappa shape index (κ1) is 17.9. The molecular weight excluding hydrogens is 328 g/mol. The van der Waals surface area contributed by atoms with Gasteiger partial charge in [-0.25, -0.2) is 4.79 Å². The minimum Gasteiger partial charge on any atom is -0.326 e. The maximum Gasteiger partial charge on any atom is 0.322 e. The Bertz CT molecular complexity index is 746. The summed E-state index contributed by atoms with van der Waals surface area (Å²) in [5.41, 5.74) is 2.54. The first-order valence-electron chi connectivity index (χ1n) is 8.98. The highest BCUT2D eigenvalue weighted by Gasteiger charge is 2.26. The summed E-state index contributed by atoms with van der Waals surface area (Å²) in [5, 5.41) is 5.70. The van der Waals surface area contributed by atoms with Gasteiger partial charge in [-0.1, -0.05) is 12.8 Å². The van der Waals surface area contributed by atoms with Gasteiger partial charge in [-0.2, -0.15) is 0 Å². The molecule has 3 amide bonds. The lowest BCUT2D eigenvalue weighted by molar-refractivity contribution is -0.114. The summed E-state index contributed by atoms with van der Waals surface area (Å²) in [6.45, 7) is 2.21. The van der Waals surface area contributed by atoms with E-state index in [1.165, 1.54) is 6.92 Å². The average molecular weight is 352 g/mol. The van der Waals surface area contributed by atoms with E-state index in [1.54, 1.807) is 36.7 Å². The molecule has 2 heterocycles. The van der Waals surface area contributed by atoms with Crippen LogP contribution in [0.5, 0.6) is 0 Å². The van der Waals surface area contributed by atoms with Gasteiger partial charge in [0, 0.05) is 37.2 Å². The largest absolute Gasteiger partial charge is 0.326 e. The maximum absolute atomic E-state index is 12.9. The Balaban J connectivity index is 1.72. The van der Waals surface area contributed by atoms with Crippen molar-refractivity contribution in [2.75, 3.05) is 17.2 Å². The molecule has 1 aliphatic rings. The Morgan fingerprint density at radius 1 is 0.962 bits per heavy atom. The first-order chi connectivity index (χ1) is 12.6. The number of anilines is 2. The van der Waals surface area contributed by atoms with Gasteiger partial charge in [-0.3, -0.25) is 9.78 Å². The van der Waals surface area contributed by atoms with E-state index in [0.717, 1.165) is 37.8 Å². The first-order valence-corrected chi connectivity index (χ1v) is 8.98. The highest BCUT2D eigenvalue weighted by Crippen LogP contribution is 2.30. The Kier molecular flexibility index (Phi) is 5.84. The van der Waals surface area contributed by atoms with Crippen molar-refractivity contribution in [2.45, 2.75) is 38.6 Å². The number of likely N-dealkylation sites (tertiary alicyclic amines) is 1. The molecule has 0 saturated carbocycles. The summed E-state index contributed by atoms with van der Waals surface area (Å²) in [6, 6.07) is 11.1. The van der Waals surface area contributed by atoms with Crippen LogP contribution in [0, 0.1) is 0 Å². The van der Waals surface area contributed by atoms with E-state index < -0.39 is 0 Å². The molecule has 0 spiro atoms. The highest BCUT2D eigenvalue weighted by atomic mass is 16.2. The van der Waals surface area contributed by atoms with Crippen LogP contribution >= 0.6 is 0 Å². The van der Waals surface area contributed by atoms with Crippen molar-refractivity contribution in [2.24, 2.45) is 0 Å². The second-order valence-electron chi connectivity index (χ2n) is 6.53. The van der Waals surface area contributed by atoms with Crippen LogP contribution in [0.3, 0.4) is 0 Å². The smallest absolute Gasteiger partial charge is 0.322 e. The fraction of sp³-hybridized carbons (Fsp3) is 0.350. The van der Waals surface area contributed by atoms with E-state index in [2.05, 4.69) is 15.6 Å². The van der Waals surface area contributed by atoms with Crippen molar-refractivity contribution in [1.29, 1.82) is 0 Å². The molecule has 1 aromatic carbocycles. The van der Waals surface area contributed by atoms with Gasteiger partial charge in [0.2, 0.25) is 5.91 Å². The van der Waals surface area contributed by atoms with Crippen molar-refractivity contribution in [1.82, 2.24) is 9.88 Å². The summed E-state index contributed by atoms with van der Waals surface area (Å²) in [5.74, 6) is -0.119. The Morgan fingerprint density at radius 3 is 2.27 bits per heavy atom. The Labute approximate surface area is 153 Å². The predicted molar refractivity (Wildman–Crippen MR) is 102 cm³/mol. The molecule has 26 heavy (non-hydrogen) atoms. The lowest BCUT2D eigenvalue weighted by Gasteiger charge is -2.30. The summed E-state index contributed by atoms with van der Waals surface area (Å²) in [7, 11) is 0. The van der Waals surface area contributed by atoms with Crippen LogP contribution in [0.1, 0.15) is 44.2 Å². The van der Waals surface area contributed by atoms with Gasteiger partial charge in [-0.15, -0.1) is 0 Å². The van der Waals surface area contributed by atoms with Gasteiger partial charge >= 0.3 is 6.03 Å². The lowest BCUT2D eigenvalue weighted by atomic mass is 10.0. The van der Waals surface area contributed by atoms with Crippen LogP contribution in [0.4, 0.5) is 16.2 Å². The number of urea groups is 1. The van der Waals surface area contributed by atoms with Crippen LogP contribution in [0.25, 0.3) is 0 Å². The molecule has 6 nitrogen and oxygen atoms in total. The minimum absolute atomic E-state index is 0.0687. The molecule has 0 radical (unpaired) electrons. The van der Waals surface area contributed by atoms with Crippen LogP contribution in [-0.4, -0.2) is 28.4 Å². The molecule has 1 unspecified atom stereocenters. The normalized spacial score (nSPS) is 17.3. The molecule has 0 aliphatic carbocycles. The van der Waals surface area contributed by atoms with E-state index in [4.69, 9.17) is 0 Å². The molecule has 6 heteroatoms. The third-order valence-corrected chi connectivity index (χ3v) is 4.56. The predicted octanol–water partition coefficient (Wildman–Crippen LogP) is 4.19. The summed E-state index contributed by atoms with van der Waals surface area (Å²) in [6.07, 6.45) is 7.77. The fourth-order valence-corrected chi connectivity index (χ4v) is 3.32. The molecule has 1 fully saturated rings. The van der Waals surface area contributed by atoms with Crippen LogP contribution in [0.15, 0.2) is 48.8 Å². The number of aromatic nitrogens is 1. The molecule has 1 saturated heterocycles. The number of rotatable bonds is 3. The van der Waals surface area contributed by atoms with Crippen LogP contribution in [0.2, 0.25) is 0 Å². The van der Waals surface area contributed by atoms with Crippen molar-refractivity contribution < 1.29 is 9.59 Å². The van der Waals surface area contributed by atoms with Crippen LogP contribution in [-0.2, 0) is 4.79 Å². The Hall–Kier alpha value is -2.89. The fourth-order valence-electron chi connectivity index (χ4n) is 3.32. The quantitative estimate of drug-likeness (QED) is 0.870. The zero-order chi connectivity index (χ0) is 18.4. The standard InChI is InChI=1S/C20H24N4O2/c1-15(25)22-17-6-8-18(9-7-17)23-20(26)24-14-4-2-3-5-19(24)16-10-12-21-13-11-16/h6-13,19H,2-5,14H2,1H3,(H,22,25)(H,23,26). The highest BCUT2D eigenvalue weighted by molar-refractivity contribution is 5.91. The van der Waals surface area contributed by atoms with Gasteiger partial charge in [0.1, 0.15) is 0 Å². The molecule has 1 aromatic heterocycles. The number of amides is 3. The van der Waals surface area contributed by atoms with E-state index in [9.17, 15) is 9.59 Å². The number of nitrogens with one attached hydrogen (secondary N) is 2. The molecule has 3 rings (SSSR count). The number of carbonyl (C=O) groups is 2. The third-order valence-electron chi connectivity index (χ3n) is 4.56. The molecule has 0 bridgehead atoms. The number of pyridine rings is 1. The van der Waals surface area contributed by atoms with E-state index in [-0.39, 0.29) is 18.0 Å². The SMILES string of the molecule is CC(=O)Nc1ccc(NC(=O)N2CCCCCC2c2ccncc2)cc1. The summed E-state index contributed by atoms with van der Waals surface area (Å²) >= 11 is 0. The number of benzene rings is 1. The maximum atomic E-state index is 12.9. The van der Waals surface area contributed by atoms with Crippen molar-refractivity contribution in [3.63, 3.8) is 0 Å². The van der Waals surface area contributed by atoms with Crippen molar-refractivity contribution >= 4 is 23.3 Å². The molecular formula is C20H24N4O2. The van der Waals surface area contributed by atoms with Gasteiger partial charge in [0.15, 0.2) is 0 Å². The summed E-state index contributed by atoms with van der Waals surface area (Å²) in [4.78, 5) is 30.0. The second-order valence-corrected chi connectivity index (χ2v) is 6.53. The van der Waals surface area contributed by atoms with Crippen molar-refractivity contribution in [3.05, 3.63) is 54.4 Å². The number of hydrogen-bond acceptors (Lipinski definition) is 3. The van der Waals surface area contributed by atoms with Crippen LogP contribution < -0.4 is 10.6 Å². The summed E-state index contributed by atoms with van der Waals surface area (Å²) < 4.78 is 0. The van der Waals surface area contributed by atoms with Gasteiger partial charge in [0.05, 0.1) is 6.04 Å².